The number of nitrogens with zero attached hydrogens (tertiary/aromatic N) is 1. The normalized spacial score (nSPS) is 15.7. The van der Waals surface area contributed by atoms with Gasteiger partial charge in [0, 0.05) is 10.0 Å². The number of ether oxygens (including phenoxy) is 2. The Labute approximate surface area is 172 Å². The van der Waals surface area contributed by atoms with Crippen LogP contribution < -0.4 is 4.74 Å². The van der Waals surface area contributed by atoms with E-state index >= 15 is 0 Å². The summed E-state index contributed by atoms with van der Waals surface area (Å²) in [5.74, 6) is -0.575. The molecule has 1 fully saturated rings. The van der Waals surface area contributed by atoms with E-state index in [9.17, 15) is 14.4 Å². The number of hydrogen-bond donors (Lipinski definition) is 0. The number of esters is 1. The predicted octanol–water partition coefficient (Wildman–Crippen LogP) is 4.60. The second-order valence-corrected chi connectivity index (χ2v) is 8.12. The van der Waals surface area contributed by atoms with Gasteiger partial charge in [0.15, 0.2) is 0 Å². The summed E-state index contributed by atoms with van der Waals surface area (Å²) in [5, 5.41) is -0.498. The van der Waals surface area contributed by atoms with Crippen LogP contribution in [0, 0.1) is 0 Å². The molecular weight excluding hydrogens is 490 g/mol. The highest BCUT2D eigenvalue weighted by molar-refractivity contribution is 9.11. The zero-order valence-corrected chi connectivity index (χ0v) is 18.2. The molecule has 6 nitrogen and oxygen atoms in total. The average Bonchev–Trinajstić information content (AvgIpc) is 2.82. The summed E-state index contributed by atoms with van der Waals surface area (Å²) in [7, 11) is 1.52. The fourth-order valence-corrected chi connectivity index (χ4v) is 4.43. The smallest absolute Gasteiger partial charge is 0.326 e. The Morgan fingerprint density at radius 3 is 2.69 bits per heavy atom. The molecule has 1 saturated heterocycles. The summed E-state index contributed by atoms with van der Waals surface area (Å²) in [6, 6.07) is 3.59. The van der Waals surface area contributed by atoms with Gasteiger partial charge < -0.3 is 9.47 Å². The van der Waals surface area contributed by atoms with Crippen molar-refractivity contribution in [3.63, 3.8) is 0 Å². The molecule has 1 aliphatic rings. The van der Waals surface area contributed by atoms with E-state index in [2.05, 4.69) is 31.9 Å². The molecule has 2 rings (SSSR count). The predicted molar refractivity (Wildman–Crippen MR) is 107 cm³/mol. The van der Waals surface area contributed by atoms with Gasteiger partial charge in [0.25, 0.3) is 11.1 Å². The van der Waals surface area contributed by atoms with Gasteiger partial charge in [-0.15, -0.1) is 0 Å². The van der Waals surface area contributed by atoms with E-state index in [4.69, 9.17) is 9.47 Å². The van der Waals surface area contributed by atoms with Crippen LogP contribution in [0.1, 0.15) is 25.3 Å². The van der Waals surface area contributed by atoms with Crippen molar-refractivity contribution in [2.24, 2.45) is 0 Å². The van der Waals surface area contributed by atoms with Crippen molar-refractivity contribution in [1.29, 1.82) is 0 Å². The molecule has 0 aromatic heterocycles. The zero-order chi connectivity index (χ0) is 19.3. The number of carbonyl (C=O) groups is 3. The molecule has 0 N–H and O–H groups in total. The Morgan fingerprint density at radius 1 is 1.31 bits per heavy atom. The fourth-order valence-electron chi connectivity index (χ4n) is 2.19. The van der Waals surface area contributed by atoms with Crippen LogP contribution >= 0.6 is 43.6 Å². The Kier molecular flexibility index (Phi) is 7.72. The van der Waals surface area contributed by atoms with E-state index in [1.807, 2.05) is 13.0 Å². The van der Waals surface area contributed by atoms with Crippen molar-refractivity contribution in [2.75, 3.05) is 20.3 Å². The van der Waals surface area contributed by atoms with Gasteiger partial charge in [-0.1, -0.05) is 29.3 Å². The standard InChI is InChI=1S/C17H17Br2NO5S/c1-3-4-5-25-14(21)9-20-16(22)13(26-17(20)23)7-10-6-11(18)8-12(19)15(10)24-2/h6-8H,3-5,9H2,1-2H3/b13-7+. The molecule has 1 heterocycles. The molecule has 0 aliphatic carbocycles. The third-order valence-electron chi connectivity index (χ3n) is 3.45. The zero-order valence-electron chi connectivity index (χ0n) is 14.2. The van der Waals surface area contributed by atoms with Gasteiger partial charge in [0.2, 0.25) is 0 Å². The van der Waals surface area contributed by atoms with E-state index in [1.165, 1.54) is 7.11 Å². The Morgan fingerprint density at radius 2 is 2.04 bits per heavy atom. The van der Waals surface area contributed by atoms with Gasteiger partial charge in [-0.3, -0.25) is 19.3 Å². The van der Waals surface area contributed by atoms with Gasteiger partial charge in [0.05, 0.1) is 23.1 Å². The topological polar surface area (TPSA) is 72.9 Å². The first-order valence-corrected chi connectivity index (χ1v) is 10.2. The highest BCUT2D eigenvalue weighted by atomic mass is 79.9. The number of imide groups is 1. The SMILES string of the molecule is CCCCOC(=O)CN1C(=O)S/C(=C/c2cc(Br)cc(Br)c2OC)C1=O. The van der Waals surface area contributed by atoms with Gasteiger partial charge in [-0.05, 0) is 52.3 Å². The largest absolute Gasteiger partial charge is 0.495 e. The number of rotatable bonds is 7. The van der Waals surface area contributed by atoms with Crippen LogP contribution in [0.4, 0.5) is 4.79 Å². The van der Waals surface area contributed by atoms with Gasteiger partial charge in [0.1, 0.15) is 12.3 Å². The quantitative estimate of drug-likeness (QED) is 0.305. The van der Waals surface area contributed by atoms with Crippen LogP contribution in [0.3, 0.4) is 0 Å². The van der Waals surface area contributed by atoms with Crippen molar-refractivity contribution in [1.82, 2.24) is 4.90 Å². The molecule has 2 amide bonds. The molecular formula is C17H17Br2NO5S. The molecule has 1 aromatic carbocycles. The lowest BCUT2D eigenvalue weighted by molar-refractivity contribution is -0.146. The number of thioether (sulfide) groups is 1. The second kappa shape index (κ2) is 9.57. The number of methoxy groups -OCH3 is 1. The minimum absolute atomic E-state index is 0.222. The maximum absolute atomic E-state index is 12.5. The highest BCUT2D eigenvalue weighted by Crippen LogP contribution is 2.38. The van der Waals surface area contributed by atoms with Crippen molar-refractivity contribution in [3.8, 4) is 5.75 Å². The fraction of sp³-hybridized carbons (Fsp3) is 0.353. The van der Waals surface area contributed by atoms with Crippen LogP contribution in [0.2, 0.25) is 0 Å². The van der Waals surface area contributed by atoms with Crippen molar-refractivity contribution < 1.29 is 23.9 Å². The summed E-state index contributed by atoms with van der Waals surface area (Å²) < 4.78 is 11.9. The summed E-state index contributed by atoms with van der Waals surface area (Å²) in [4.78, 5) is 37.5. The lowest BCUT2D eigenvalue weighted by Gasteiger charge is -2.12. The van der Waals surface area contributed by atoms with Crippen molar-refractivity contribution >= 4 is 66.8 Å². The van der Waals surface area contributed by atoms with Crippen LogP contribution in [0.15, 0.2) is 26.0 Å². The number of carbonyl (C=O) groups excluding carboxylic acids is 3. The molecule has 0 bridgehead atoms. The molecule has 0 spiro atoms. The van der Waals surface area contributed by atoms with Crippen molar-refractivity contribution in [3.05, 3.63) is 31.5 Å². The molecule has 140 valence electrons. The number of hydrogen-bond acceptors (Lipinski definition) is 6. The molecule has 0 saturated carbocycles. The van der Waals surface area contributed by atoms with E-state index in [0.717, 1.165) is 34.0 Å². The summed E-state index contributed by atoms with van der Waals surface area (Å²) in [6.45, 7) is 1.87. The third kappa shape index (κ3) is 5.11. The molecule has 1 aliphatic heterocycles. The average molecular weight is 507 g/mol. The summed E-state index contributed by atoms with van der Waals surface area (Å²) in [5.41, 5.74) is 0.629. The summed E-state index contributed by atoms with van der Waals surface area (Å²) in [6.07, 6.45) is 3.20. The Bertz CT molecular complexity index is 766. The minimum atomic E-state index is -0.593. The Hall–Kier alpha value is -1.32. The van der Waals surface area contributed by atoms with E-state index in [1.54, 1.807) is 12.1 Å². The molecule has 1 aromatic rings. The van der Waals surface area contributed by atoms with Gasteiger partial charge in [-0.2, -0.15) is 0 Å². The van der Waals surface area contributed by atoms with Gasteiger partial charge >= 0.3 is 5.97 Å². The first-order valence-electron chi connectivity index (χ1n) is 7.81. The van der Waals surface area contributed by atoms with E-state index < -0.39 is 17.1 Å². The molecule has 9 heteroatoms. The number of benzene rings is 1. The summed E-state index contributed by atoms with van der Waals surface area (Å²) >= 11 is 7.56. The monoisotopic (exact) mass is 505 g/mol. The van der Waals surface area contributed by atoms with E-state index in [0.29, 0.717) is 15.8 Å². The van der Waals surface area contributed by atoms with E-state index in [-0.39, 0.29) is 18.1 Å². The number of amides is 2. The number of unbranched alkanes of at least 4 members (excludes halogenated alkanes) is 1. The first kappa shape index (κ1) is 21.0. The lowest BCUT2D eigenvalue weighted by atomic mass is 10.2. The Balaban J connectivity index is 2.18. The van der Waals surface area contributed by atoms with Crippen LogP contribution in [-0.4, -0.2) is 42.3 Å². The maximum Gasteiger partial charge on any atom is 0.326 e. The lowest BCUT2D eigenvalue weighted by Crippen LogP contribution is -2.34. The van der Waals surface area contributed by atoms with Gasteiger partial charge in [-0.25, -0.2) is 0 Å². The first-order chi connectivity index (χ1) is 12.4. The third-order valence-corrected chi connectivity index (χ3v) is 5.40. The highest BCUT2D eigenvalue weighted by Gasteiger charge is 2.36. The molecule has 0 unspecified atom stereocenters. The molecule has 0 radical (unpaired) electrons. The second-order valence-electron chi connectivity index (χ2n) is 5.35. The van der Waals surface area contributed by atoms with Crippen LogP contribution in [0.25, 0.3) is 6.08 Å². The minimum Gasteiger partial charge on any atom is -0.495 e. The number of halogens is 2. The molecule has 26 heavy (non-hydrogen) atoms. The maximum atomic E-state index is 12.5. The van der Waals surface area contributed by atoms with Crippen LogP contribution in [0.5, 0.6) is 5.75 Å². The van der Waals surface area contributed by atoms with Crippen molar-refractivity contribution in [2.45, 2.75) is 19.8 Å². The molecule has 0 atom stereocenters. The van der Waals surface area contributed by atoms with Crippen LogP contribution in [-0.2, 0) is 14.3 Å².